The predicted octanol–water partition coefficient (Wildman–Crippen LogP) is 3.08. The normalized spacial score (nSPS) is 18.4. The Bertz CT molecular complexity index is 487. The van der Waals surface area contributed by atoms with Crippen molar-refractivity contribution in [1.82, 2.24) is 10.6 Å². The molecule has 0 atom stereocenters. The molecular formula is C22H36N2O4. The molecule has 0 aliphatic heterocycles. The Morgan fingerprint density at radius 1 is 0.643 bits per heavy atom. The van der Waals surface area contributed by atoms with Crippen LogP contribution in [0.15, 0.2) is 0 Å². The third-order valence-corrected chi connectivity index (χ3v) is 6.07. The molecule has 6 heteroatoms. The molecule has 0 spiro atoms. The Hall–Kier alpha value is -1.72. The van der Waals surface area contributed by atoms with E-state index in [2.05, 4.69) is 10.6 Å². The van der Waals surface area contributed by atoms with Crippen LogP contribution in [0.3, 0.4) is 0 Å². The minimum absolute atomic E-state index is 0.00932. The molecule has 2 aliphatic rings. The van der Waals surface area contributed by atoms with E-state index in [1.54, 1.807) is 0 Å². The highest BCUT2D eigenvalue weighted by atomic mass is 16.2. The first-order valence-corrected chi connectivity index (χ1v) is 11.1. The smallest absolute Gasteiger partial charge is 0.223 e. The predicted molar refractivity (Wildman–Crippen MR) is 108 cm³/mol. The molecular weight excluding hydrogens is 356 g/mol. The lowest BCUT2D eigenvalue weighted by Crippen LogP contribution is -2.35. The maximum Gasteiger partial charge on any atom is 0.223 e. The van der Waals surface area contributed by atoms with Gasteiger partial charge in [-0.05, 0) is 38.5 Å². The molecule has 0 aromatic heterocycles. The molecule has 2 amide bonds. The van der Waals surface area contributed by atoms with E-state index < -0.39 is 0 Å². The number of Topliss-reactive ketones (excluding diaryl/α,β-unsaturated/α-hetero) is 2. The first-order valence-electron chi connectivity index (χ1n) is 11.1. The van der Waals surface area contributed by atoms with Crippen molar-refractivity contribution in [2.24, 2.45) is 11.8 Å². The Labute approximate surface area is 168 Å². The number of carbonyl (C=O) groups is 4. The number of nitrogens with one attached hydrogen (secondary N) is 2. The van der Waals surface area contributed by atoms with Gasteiger partial charge in [0.15, 0.2) is 11.6 Å². The van der Waals surface area contributed by atoms with Gasteiger partial charge in [-0.3, -0.25) is 19.2 Å². The monoisotopic (exact) mass is 392 g/mol. The van der Waals surface area contributed by atoms with Gasteiger partial charge in [0, 0.05) is 24.7 Å². The number of rotatable bonds is 11. The molecule has 158 valence electrons. The number of hydrogen-bond donors (Lipinski definition) is 2. The fraction of sp³-hybridized carbons (Fsp3) is 0.818. The summed E-state index contributed by atoms with van der Waals surface area (Å²) in [7, 11) is 0. The summed E-state index contributed by atoms with van der Waals surface area (Å²) in [5, 5.41) is 5.47. The Morgan fingerprint density at radius 2 is 1.21 bits per heavy atom. The van der Waals surface area contributed by atoms with Gasteiger partial charge < -0.3 is 10.6 Å². The number of unbranched alkanes of at least 4 members (excludes halogenated alkanes) is 1. The van der Waals surface area contributed by atoms with Crippen LogP contribution in [0.25, 0.3) is 0 Å². The second-order valence-electron chi connectivity index (χ2n) is 8.38. The number of amides is 2. The highest BCUT2D eigenvalue weighted by Crippen LogP contribution is 2.24. The molecule has 0 aromatic carbocycles. The summed E-state index contributed by atoms with van der Waals surface area (Å²) in [4.78, 5) is 47.9. The van der Waals surface area contributed by atoms with E-state index in [0.717, 1.165) is 51.4 Å². The van der Waals surface area contributed by atoms with Gasteiger partial charge in [0.2, 0.25) is 11.8 Å². The lowest BCUT2D eigenvalue weighted by molar-refractivity contribution is -0.128. The van der Waals surface area contributed by atoms with E-state index in [1.165, 1.54) is 12.8 Å². The summed E-state index contributed by atoms with van der Waals surface area (Å²) in [6.45, 7) is 0.229. The fourth-order valence-corrected chi connectivity index (χ4v) is 4.23. The van der Waals surface area contributed by atoms with Gasteiger partial charge in [0.25, 0.3) is 0 Å². The summed E-state index contributed by atoms with van der Waals surface area (Å²) in [5.41, 5.74) is 0. The lowest BCUT2D eigenvalue weighted by atomic mass is 9.86. The lowest BCUT2D eigenvalue weighted by Gasteiger charge is -2.20. The third-order valence-electron chi connectivity index (χ3n) is 6.07. The molecule has 6 nitrogen and oxygen atoms in total. The molecule has 0 saturated heterocycles. The summed E-state index contributed by atoms with van der Waals surface area (Å²) in [5.74, 6) is 0.239. The van der Waals surface area contributed by atoms with Crippen LogP contribution in [0, 0.1) is 11.8 Å². The van der Waals surface area contributed by atoms with E-state index in [1.807, 2.05) is 0 Å². The van der Waals surface area contributed by atoms with Crippen molar-refractivity contribution >= 4 is 23.4 Å². The second kappa shape index (κ2) is 12.7. The topological polar surface area (TPSA) is 92.3 Å². The second-order valence-corrected chi connectivity index (χ2v) is 8.38. The van der Waals surface area contributed by atoms with E-state index in [-0.39, 0.29) is 48.3 Å². The van der Waals surface area contributed by atoms with Crippen molar-refractivity contribution in [3.8, 4) is 0 Å². The van der Waals surface area contributed by atoms with Crippen LogP contribution >= 0.6 is 0 Å². The van der Waals surface area contributed by atoms with Crippen LogP contribution < -0.4 is 10.6 Å². The zero-order chi connectivity index (χ0) is 20.2. The fourth-order valence-electron chi connectivity index (χ4n) is 4.23. The molecule has 0 bridgehead atoms. The van der Waals surface area contributed by atoms with Gasteiger partial charge in [0.05, 0.1) is 13.1 Å². The van der Waals surface area contributed by atoms with Crippen LogP contribution in [0.1, 0.15) is 89.9 Å². The van der Waals surface area contributed by atoms with E-state index in [4.69, 9.17) is 0 Å². The van der Waals surface area contributed by atoms with Gasteiger partial charge in [-0.25, -0.2) is 0 Å². The van der Waals surface area contributed by atoms with E-state index in [9.17, 15) is 19.2 Å². The summed E-state index contributed by atoms with van der Waals surface area (Å²) >= 11 is 0. The maximum absolute atomic E-state index is 12.1. The molecule has 2 saturated carbocycles. The summed E-state index contributed by atoms with van der Waals surface area (Å²) in [6, 6.07) is 0. The zero-order valence-electron chi connectivity index (χ0n) is 17.1. The number of hydrogen-bond acceptors (Lipinski definition) is 4. The first-order chi connectivity index (χ1) is 13.6. The van der Waals surface area contributed by atoms with Crippen molar-refractivity contribution in [2.45, 2.75) is 89.9 Å². The average Bonchev–Trinajstić information content (AvgIpc) is 2.74. The van der Waals surface area contributed by atoms with Gasteiger partial charge >= 0.3 is 0 Å². The van der Waals surface area contributed by atoms with Crippen molar-refractivity contribution in [3.63, 3.8) is 0 Å². The van der Waals surface area contributed by atoms with Gasteiger partial charge in [-0.1, -0.05) is 38.5 Å². The van der Waals surface area contributed by atoms with Crippen LogP contribution in [-0.4, -0.2) is 36.5 Å². The average molecular weight is 393 g/mol. The summed E-state index contributed by atoms with van der Waals surface area (Å²) < 4.78 is 0. The Morgan fingerprint density at radius 3 is 1.86 bits per heavy atom. The molecule has 0 heterocycles. The molecule has 0 aromatic rings. The molecule has 2 N–H and O–H groups in total. The number of carbonyl (C=O) groups excluding carboxylic acids is 4. The largest absolute Gasteiger partial charge is 0.349 e. The van der Waals surface area contributed by atoms with E-state index >= 15 is 0 Å². The molecule has 2 aliphatic carbocycles. The van der Waals surface area contributed by atoms with Crippen LogP contribution in [0.2, 0.25) is 0 Å². The molecule has 28 heavy (non-hydrogen) atoms. The van der Waals surface area contributed by atoms with Gasteiger partial charge in [-0.2, -0.15) is 0 Å². The quantitative estimate of drug-likeness (QED) is 0.529. The minimum atomic E-state index is -0.123. The minimum Gasteiger partial charge on any atom is -0.349 e. The zero-order valence-corrected chi connectivity index (χ0v) is 17.1. The Kier molecular flexibility index (Phi) is 10.2. The molecule has 0 unspecified atom stereocenters. The van der Waals surface area contributed by atoms with Crippen molar-refractivity contribution in [2.75, 3.05) is 13.1 Å². The van der Waals surface area contributed by atoms with Crippen LogP contribution in [0.5, 0.6) is 0 Å². The van der Waals surface area contributed by atoms with Crippen LogP contribution in [-0.2, 0) is 19.2 Å². The van der Waals surface area contributed by atoms with Crippen LogP contribution in [0.4, 0.5) is 0 Å². The molecule has 2 rings (SSSR count). The molecule has 2 fully saturated rings. The van der Waals surface area contributed by atoms with Gasteiger partial charge in [-0.15, -0.1) is 0 Å². The SMILES string of the molecule is O=C(CCCCC(=O)NCC(=O)C1CCCCC1)CNC(=O)C1CCCCC1. The van der Waals surface area contributed by atoms with Crippen molar-refractivity contribution in [1.29, 1.82) is 0 Å². The van der Waals surface area contributed by atoms with Crippen molar-refractivity contribution < 1.29 is 19.2 Å². The number of ketones is 2. The van der Waals surface area contributed by atoms with Crippen molar-refractivity contribution in [3.05, 3.63) is 0 Å². The highest BCUT2D eigenvalue weighted by molar-refractivity contribution is 5.88. The highest BCUT2D eigenvalue weighted by Gasteiger charge is 2.22. The molecule has 0 radical (unpaired) electrons. The summed E-state index contributed by atoms with van der Waals surface area (Å²) in [6.07, 6.45) is 12.5. The van der Waals surface area contributed by atoms with E-state index in [0.29, 0.717) is 25.7 Å². The van der Waals surface area contributed by atoms with Gasteiger partial charge in [0.1, 0.15) is 0 Å². The standard InChI is InChI=1S/C22H36N2O4/c25-19(15-24-22(28)18-11-5-2-6-12-18)13-7-8-14-21(27)23-16-20(26)17-9-3-1-4-10-17/h17-18H,1-16H2,(H,23,27)(H,24,28). The maximum atomic E-state index is 12.1. The first kappa shape index (κ1) is 22.6. The third kappa shape index (κ3) is 8.53. The Balaban J connectivity index is 1.48.